The van der Waals surface area contributed by atoms with Crippen LogP contribution in [0.25, 0.3) is 0 Å². The van der Waals surface area contributed by atoms with Gasteiger partial charge in [0.05, 0.1) is 31.9 Å². The van der Waals surface area contributed by atoms with Crippen LogP contribution in [0.15, 0.2) is 48.5 Å². The van der Waals surface area contributed by atoms with Crippen molar-refractivity contribution in [1.29, 1.82) is 0 Å². The van der Waals surface area contributed by atoms with Crippen molar-refractivity contribution in [2.45, 2.75) is 25.8 Å². The highest BCUT2D eigenvalue weighted by Gasteiger charge is 2.39. The largest absolute Gasteiger partial charge is 0.497 e. The molecule has 0 unspecified atom stereocenters. The summed E-state index contributed by atoms with van der Waals surface area (Å²) in [6, 6.07) is 14.3. The molecule has 1 aliphatic heterocycles. The summed E-state index contributed by atoms with van der Waals surface area (Å²) >= 11 is 0. The van der Waals surface area contributed by atoms with Crippen molar-refractivity contribution in [2.75, 3.05) is 25.2 Å². The molecule has 0 aliphatic carbocycles. The Kier molecular flexibility index (Phi) is 6.08. The molecule has 1 heterocycles. The Morgan fingerprint density at radius 2 is 1.89 bits per heavy atom. The van der Waals surface area contributed by atoms with Gasteiger partial charge in [-0.05, 0) is 61.9 Å². The first-order chi connectivity index (χ1) is 13.1. The number of hydrogen-bond donors (Lipinski definition) is 1. The first-order valence-electron chi connectivity index (χ1n) is 9.08. The van der Waals surface area contributed by atoms with Crippen molar-refractivity contribution in [3.8, 4) is 11.5 Å². The molecule has 1 N–H and O–H groups in total. The minimum Gasteiger partial charge on any atom is -0.497 e. The molecule has 0 radical (unpaired) electrons. The third-order valence-corrected chi connectivity index (χ3v) is 4.49. The lowest BCUT2D eigenvalue weighted by atomic mass is 10.1. The Bertz CT molecular complexity index is 804. The van der Waals surface area contributed by atoms with Crippen LogP contribution in [-0.4, -0.2) is 38.1 Å². The lowest BCUT2D eigenvalue weighted by Gasteiger charge is -2.16. The van der Waals surface area contributed by atoms with Crippen LogP contribution in [-0.2, 0) is 16.0 Å². The predicted octanol–water partition coefficient (Wildman–Crippen LogP) is 2.56. The maximum absolute atomic E-state index is 12.7. The fourth-order valence-corrected chi connectivity index (χ4v) is 3.14. The third kappa shape index (κ3) is 4.46. The number of carbonyl (C=O) groups excluding carboxylic acids is 2. The molecular formula is C21H24N2O4. The van der Waals surface area contributed by atoms with E-state index in [-0.39, 0.29) is 18.2 Å². The number of rotatable bonds is 8. The van der Waals surface area contributed by atoms with Gasteiger partial charge in [-0.2, -0.15) is 0 Å². The van der Waals surface area contributed by atoms with Gasteiger partial charge in [-0.1, -0.05) is 12.1 Å². The first-order valence-corrected chi connectivity index (χ1v) is 9.08. The van der Waals surface area contributed by atoms with Gasteiger partial charge in [0.1, 0.15) is 11.5 Å². The number of benzene rings is 2. The van der Waals surface area contributed by atoms with E-state index in [4.69, 9.17) is 9.47 Å². The fraction of sp³-hybridized carbons (Fsp3) is 0.333. The summed E-state index contributed by atoms with van der Waals surface area (Å²) in [6.45, 7) is 3.08. The summed E-state index contributed by atoms with van der Waals surface area (Å²) in [5.74, 6) is 1.12. The van der Waals surface area contributed by atoms with E-state index in [1.54, 1.807) is 31.4 Å². The smallest absolute Gasteiger partial charge is 0.251 e. The van der Waals surface area contributed by atoms with Gasteiger partial charge < -0.3 is 14.8 Å². The Labute approximate surface area is 159 Å². The highest BCUT2D eigenvalue weighted by molar-refractivity contribution is 6.22. The van der Waals surface area contributed by atoms with Crippen molar-refractivity contribution >= 4 is 17.5 Å². The number of carbonyl (C=O) groups is 2. The van der Waals surface area contributed by atoms with Gasteiger partial charge in [0, 0.05) is 0 Å². The Hall–Kier alpha value is -2.86. The lowest BCUT2D eigenvalue weighted by Crippen LogP contribution is -2.39. The zero-order valence-electron chi connectivity index (χ0n) is 15.6. The maximum atomic E-state index is 12.7. The van der Waals surface area contributed by atoms with Gasteiger partial charge in [0.25, 0.3) is 5.91 Å². The van der Waals surface area contributed by atoms with Crippen LogP contribution in [0.3, 0.4) is 0 Å². The van der Waals surface area contributed by atoms with Crippen LogP contribution in [0, 0.1) is 0 Å². The van der Waals surface area contributed by atoms with Crippen LogP contribution < -0.4 is 19.7 Å². The molecular weight excluding hydrogens is 344 g/mol. The number of hydrogen-bond acceptors (Lipinski definition) is 5. The normalized spacial score (nSPS) is 16.7. The first kappa shape index (κ1) is 18.9. The van der Waals surface area contributed by atoms with E-state index in [2.05, 4.69) is 5.32 Å². The van der Waals surface area contributed by atoms with Gasteiger partial charge in [-0.25, -0.2) is 4.90 Å². The van der Waals surface area contributed by atoms with Crippen molar-refractivity contribution in [3.05, 3.63) is 54.1 Å². The van der Waals surface area contributed by atoms with Crippen LogP contribution in [0.5, 0.6) is 11.5 Å². The number of methoxy groups -OCH3 is 1. The molecule has 2 amide bonds. The molecule has 0 saturated carbocycles. The van der Waals surface area contributed by atoms with Crippen LogP contribution in [0.1, 0.15) is 18.9 Å². The fourth-order valence-electron chi connectivity index (χ4n) is 3.14. The number of amides is 2. The van der Waals surface area contributed by atoms with E-state index in [0.29, 0.717) is 24.6 Å². The number of nitrogens with one attached hydrogen (secondary N) is 1. The molecule has 0 aromatic heterocycles. The molecule has 3 rings (SSSR count). The van der Waals surface area contributed by atoms with Crippen molar-refractivity contribution in [3.63, 3.8) is 0 Å². The molecule has 1 saturated heterocycles. The van der Waals surface area contributed by atoms with E-state index in [1.807, 2.05) is 31.2 Å². The highest BCUT2D eigenvalue weighted by atomic mass is 16.5. The molecule has 1 fully saturated rings. The summed E-state index contributed by atoms with van der Waals surface area (Å²) in [5, 5.41) is 3.20. The summed E-state index contributed by atoms with van der Waals surface area (Å²) in [5.41, 5.74) is 1.69. The van der Waals surface area contributed by atoms with Gasteiger partial charge >= 0.3 is 0 Å². The van der Waals surface area contributed by atoms with E-state index < -0.39 is 6.04 Å². The molecule has 0 bridgehead atoms. The molecule has 1 aliphatic rings. The maximum Gasteiger partial charge on any atom is 0.251 e. The molecule has 1 atom stereocenters. The molecule has 6 nitrogen and oxygen atoms in total. The van der Waals surface area contributed by atoms with E-state index in [1.165, 1.54) is 4.90 Å². The van der Waals surface area contributed by atoms with E-state index >= 15 is 0 Å². The Balaban J connectivity index is 1.58. The lowest BCUT2D eigenvalue weighted by molar-refractivity contribution is -0.121. The topological polar surface area (TPSA) is 67.9 Å². The van der Waals surface area contributed by atoms with Gasteiger partial charge in [0.2, 0.25) is 5.91 Å². The average molecular weight is 368 g/mol. The number of nitrogens with zero attached hydrogens (tertiary/aromatic N) is 1. The second-order valence-electron chi connectivity index (χ2n) is 6.31. The Morgan fingerprint density at radius 3 is 2.59 bits per heavy atom. The van der Waals surface area contributed by atoms with Crippen molar-refractivity contribution in [2.24, 2.45) is 0 Å². The van der Waals surface area contributed by atoms with Crippen molar-refractivity contribution < 1.29 is 19.1 Å². The molecule has 2 aromatic rings. The zero-order valence-corrected chi connectivity index (χ0v) is 15.6. The molecule has 0 spiro atoms. The monoisotopic (exact) mass is 368 g/mol. The molecule has 27 heavy (non-hydrogen) atoms. The zero-order chi connectivity index (χ0) is 19.2. The number of imide groups is 1. The quantitative estimate of drug-likeness (QED) is 0.726. The van der Waals surface area contributed by atoms with E-state index in [9.17, 15) is 9.59 Å². The summed E-state index contributed by atoms with van der Waals surface area (Å²) in [4.78, 5) is 26.3. The van der Waals surface area contributed by atoms with Crippen molar-refractivity contribution in [1.82, 2.24) is 5.32 Å². The number of ether oxygens (including phenoxy) is 2. The van der Waals surface area contributed by atoms with E-state index in [0.717, 1.165) is 17.7 Å². The van der Waals surface area contributed by atoms with Crippen LogP contribution in [0.4, 0.5) is 5.69 Å². The average Bonchev–Trinajstić information content (AvgIpc) is 2.96. The van der Waals surface area contributed by atoms with Crippen LogP contribution >= 0.6 is 0 Å². The summed E-state index contributed by atoms with van der Waals surface area (Å²) < 4.78 is 10.6. The second kappa shape index (κ2) is 8.68. The summed E-state index contributed by atoms with van der Waals surface area (Å²) in [6.07, 6.45) is 0.919. The minimum atomic E-state index is -0.491. The SMILES string of the molecule is CCOc1ccc(N2C(=O)C[C@@H](NCCc3cccc(OC)c3)C2=O)cc1. The standard InChI is InChI=1S/C21H24N2O4/c1-3-27-17-9-7-16(8-10-17)23-20(24)14-19(21(23)25)22-12-11-15-5-4-6-18(13-15)26-2/h4-10,13,19,22H,3,11-12,14H2,1-2H3/t19-/m1/s1. The second-order valence-corrected chi connectivity index (χ2v) is 6.31. The van der Waals surface area contributed by atoms with Crippen LogP contribution in [0.2, 0.25) is 0 Å². The van der Waals surface area contributed by atoms with Gasteiger partial charge in [-0.15, -0.1) is 0 Å². The summed E-state index contributed by atoms with van der Waals surface area (Å²) in [7, 11) is 1.63. The highest BCUT2D eigenvalue weighted by Crippen LogP contribution is 2.25. The number of anilines is 1. The van der Waals surface area contributed by atoms with Gasteiger partial charge in [0.15, 0.2) is 0 Å². The molecule has 142 valence electrons. The third-order valence-electron chi connectivity index (χ3n) is 4.49. The predicted molar refractivity (Wildman–Crippen MR) is 103 cm³/mol. The molecule has 6 heteroatoms. The van der Waals surface area contributed by atoms with Gasteiger partial charge in [-0.3, -0.25) is 9.59 Å². The Morgan fingerprint density at radius 1 is 1.11 bits per heavy atom. The minimum absolute atomic E-state index is 0.171. The molecule has 2 aromatic carbocycles.